The van der Waals surface area contributed by atoms with Crippen LogP contribution in [0.3, 0.4) is 0 Å². The number of carbonyl (C=O) groups is 2. The second-order valence-electron chi connectivity index (χ2n) is 5.11. The van der Waals surface area contributed by atoms with Crippen LogP contribution in [0.5, 0.6) is 0 Å². The van der Waals surface area contributed by atoms with E-state index in [2.05, 4.69) is 10.3 Å². The summed E-state index contributed by atoms with van der Waals surface area (Å²) in [6, 6.07) is 2.38. The van der Waals surface area contributed by atoms with Crippen LogP contribution in [0.15, 0.2) is 18.3 Å². The zero-order valence-corrected chi connectivity index (χ0v) is 11.4. The van der Waals surface area contributed by atoms with Crippen molar-refractivity contribution in [2.45, 2.75) is 39.3 Å². The molecule has 0 saturated carbocycles. The van der Waals surface area contributed by atoms with Gasteiger partial charge in [-0.05, 0) is 39.8 Å². The molecule has 6 heteroatoms. The van der Waals surface area contributed by atoms with Gasteiger partial charge in [-0.2, -0.15) is 0 Å². The van der Waals surface area contributed by atoms with Gasteiger partial charge in [0.25, 0.3) is 0 Å². The Hall–Kier alpha value is -2.11. The van der Waals surface area contributed by atoms with Gasteiger partial charge >= 0.3 is 11.9 Å². The number of esters is 1. The van der Waals surface area contributed by atoms with Crippen molar-refractivity contribution in [3.63, 3.8) is 0 Å². The maximum Gasteiger partial charge on any atom is 0.359 e. The Labute approximate surface area is 111 Å². The van der Waals surface area contributed by atoms with Gasteiger partial charge in [-0.3, -0.25) is 4.79 Å². The van der Waals surface area contributed by atoms with Crippen LogP contribution >= 0.6 is 0 Å². The highest BCUT2D eigenvalue weighted by Gasteiger charge is 2.22. The second kappa shape index (κ2) is 5.69. The van der Waals surface area contributed by atoms with E-state index in [9.17, 15) is 9.59 Å². The van der Waals surface area contributed by atoms with Crippen LogP contribution in [0, 0.1) is 0 Å². The summed E-state index contributed by atoms with van der Waals surface area (Å²) < 4.78 is 5.22. The number of hydrogen-bond acceptors (Lipinski definition) is 5. The number of aromatic nitrogens is 1. The molecular formula is C13H18N2O4. The fourth-order valence-electron chi connectivity index (χ4n) is 1.31. The quantitative estimate of drug-likeness (QED) is 0.809. The Bertz CT molecular complexity index is 480. The van der Waals surface area contributed by atoms with Crippen molar-refractivity contribution in [3.05, 3.63) is 24.0 Å². The van der Waals surface area contributed by atoms with Gasteiger partial charge in [-0.15, -0.1) is 0 Å². The normalized spacial score (nSPS) is 12.6. The van der Waals surface area contributed by atoms with Gasteiger partial charge in [0.2, 0.25) is 0 Å². The average Bonchev–Trinajstić information content (AvgIpc) is 2.27. The fraction of sp³-hybridized carbons (Fsp3) is 0.462. The van der Waals surface area contributed by atoms with Crippen LogP contribution < -0.4 is 5.32 Å². The molecule has 0 aromatic carbocycles. The molecule has 0 amide bonds. The van der Waals surface area contributed by atoms with Crippen molar-refractivity contribution >= 4 is 17.6 Å². The minimum Gasteiger partial charge on any atom is -0.480 e. The molecule has 0 radical (unpaired) electrons. The van der Waals surface area contributed by atoms with Gasteiger partial charge in [0.15, 0.2) is 5.69 Å². The maximum absolute atomic E-state index is 12.0. The van der Waals surface area contributed by atoms with Crippen molar-refractivity contribution in [3.8, 4) is 0 Å². The van der Waals surface area contributed by atoms with Crippen molar-refractivity contribution in [2.24, 2.45) is 0 Å². The van der Waals surface area contributed by atoms with Crippen molar-refractivity contribution in [1.82, 2.24) is 4.98 Å². The summed E-state index contributed by atoms with van der Waals surface area (Å²) in [5, 5.41) is 11.6. The van der Waals surface area contributed by atoms with E-state index in [4.69, 9.17) is 9.84 Å². The first kappa shape index (κ1) is 14.9. The lowest BCUT2D eigenvalue weighted by molar-refractivity contribution is -0.137. The van der Waals surface area contributed by atoms with Crippen LogP contribution in [0.4, 0.5) is 5.69 Å². The third-order valence-corrected chi connectivity index (χ3v) is 2.14. The molecule has 0 aliphatic heterocycles. The van der Waals surface area contributed by atoms with Gasteiger partial charge < -0.3 is 15.2 Å². The SMILES string of the molecule is C[C@H](Nc1cccnc1C(=O)OC(C)(C)C)C(=O)O. The zero-order valence-electron chi connectivity index (χ0n) is 11.4. The molecule has 1 rings (SSSR count). The molecule has 6 nitrogen and oxygen atoms in total. The smallest absolute Gasteiger partial charge is 0.359 e. The van der Waals surface area contributed by atoms with Crippen LogP contribution in [-0.2, 0) is 9.53 Å². The Morgan fingerprint density at radius 3 is 2.58 bits per heavy atom. The number of carboxylic acids is 1. The first-order valence-electron chi connectivity index (χ1n) is 5.88. The van der Waals surface area contributed by atoms with Crippen LogP contribution in [0.25, 0.3) is 0 Å². The summed E-state index contributed by atoms with van der Waals surface area (Å²) in [6.07, 6.45) is 1.45. The molecule has 0 aliphatic rings. The number of carbonyl (C=O) groups excluding carboxylic acids is 1. The minimum absolute atomic E-state index is 0.0746. The first-order chi connectivity index (χ1) is 8.70. The summed E-state index contributed by atoms with van der Waals surface area (Å²) in [5.41, 5.74) is -0.221. The predicted octanol–water partition coefficient (Wildman–Crippen LogP) is 1.92. The van der Waals surface area contributed by atoms with Gasteiger partial charge in [0.1, 0.15) is 11.6 Å². The average molecular weight is 266 g/mol. The first-order valence-corrected chi connectivity index (χ1v) is 5.88. The van der Waals surface area contributed by atoms with Crippen molar-refractivity contribution < 1.29 is 19.4 Å². The van der Waals surface area contributed by atoms with Crippen LogP contribution in [-0.4, -0.2) is 33.7 Å². The molecule has 0 aliphatic carbocycles. The molecule has 1 aromatic heterocycles. The predicted molar refractivity (Wildman–Crippen MR) is 70.1 cm³/mol. The van der Waals surface area contributed by atoms with Gasteiger partial charge in [0.05, 0.1) is 5.69 Å². The number of ether oxygens (including phenoxy) is 1. The highest BCUT2D eigenvalue weighted by atomic mass is 16.6. The van der Waals surface area contributed by atoms with E-state index in [-0.39, 0.29) is 5.69 Å². The molecule has 1 aromatic rings. The molecule has 0 fully saturated rings. The molecule has 19 heavy (non-hydrogen) atoms. The Morgan fingerprint density at radius 2 is 2.05 bits per heavy atom. The molecule has 1 atom stereocenters. The van der Waals surface area contributed by atoms with E-state index < -0.39 is 23.6 Å². The number of aliphatic carboxylic acids is 1. The van der Waals surface area contributed by atoms with Crippen molar-refractivity contribution in [2.75, 3.05) is 5.32 Å². The largest absolute Gasteiger partial charge is 0.480 e. The van der Waals surface area contributed by atoms with E-state index in [1.807, 2.05) is 0 Å². The van der Waals surface area contributed by atoms with E-state index in [0.717, 1.165) is 0 Å². The van der Waals surface area contributed by atoms with Gasteiger partial charge in [-0.1, -0.05) is 0 Å². The summed E-state index contributed by atoms with van der Waals surface area (Å²) in [4.78, 5) is 26.7. The van der Waals surface area contributed by atoms with Gasteiger partial charge in [0, 0.05) is 6.20 Å². The highest BCUT2D eigenvalue weighted by molar-refractivity contribution is 5.94. The summed E-state index contributed by atoms with van der Waals surface area (Å²) in [7, 11) is 0. The molecule has 1 heterocycles. The second-order valence-corrected chi connectivity index (χ2v) is 5.11. The fourth-order valence-corrected chi connectivity index (χ4v) is 1.31. The number of rotatable bonds is 4. The standard InChI is InChI=1S/C13H18N2O4/c1-8(11(16)17)15-9-6-5-7-14-10(9)12(18)19-13(2,3)4/h5-8,15H,1-4H3,(H,16,17)/t8-/m0/s1. The minimum atomic E-state index is -1.01. The number of pyridine rings is 1. The number of hydrogen-bond donors (Lipinski definition) is 2. The maximum atomic E-state index is 12.0. The van der Waals surface area contributed by atoms with E-state index in [1.165, 1.54) is 13.1 Å². The Kier molecular flexibility index (Phi) is 4.47. The Balaban J connectivity index is 2.96. The lowest BCUT2D eigenvalue weighted by Gasteiger charge is -2.20. The number of nitrogens with zero attached hydrogens (tertiary/aromatic N) is 1. The topological polar surface area (TPSA) is 88.5 Å². The summed E-state index contributed by atoms with van der Waals surface area (Å²) in [5.74, 6) is -1.60. The highest BCUT2D eigenvalue weighted by Crippen LogP contribution is 2.18. The van der Waals surface area contributed by atoms with E-state index in [0.29, 0.717) is 5.69 Å². The van der Waals surface area contributed by atoms with E-state index in [1.54, 1.807) is 32.9 Å². The Morgan fingerprint density at radius 1 is 1.42 bits per heavy atom. The molecule has 104 valence electrons. The molecule has 0 saturated heterocycles. The molecule has 2 N–H and O–H groups in total. The third kappa shape index (κ3) is 4.57. The molecular weight excluding hydrogens is 248 g/mol. The van der Waals surface area contributed by atoms with Crippen LogP contribution in [0.1, 0.15) is 38.2 Å². The number of nitrogens with one attached hydrogen (secondary N) is 1. The molecule has 0 unspecified atom stereocenters. The molecule has 0 spiro atoms. The summed E-state index contributed by atoms with van der Waals surface area (Å²) in [6.45, 7) is 6.73. The number of carboxylic acid groups (broad SMARTS) is 1. The lowest BCUT2D eigenvalue weighted by Crippen LogP contribution is -2.28. The molecule has 0 bridgehead atoms. The number of anilines is 1. The lowest BCUT2D eigenvalue weighted by atomic mass is 10.2. The van der Waals surface area contributed by atoms with Gasteiger partial charge in [-0.25, -0.2) is 9.78 Å². The zero-order chi connectivity index (χ0) is 14.6. The van der Waals surface area contributed by atoms with Crippen LogP contribution in [0.2, 0.25) is 0 Å². The monoisotopic (exact) mass is 266 g/mol. The third-order valence-electron chi connectivity index (χ3n) is 2.14. The summed E-state index contributed by atoms with van der Waals surface area (Å²) >= 11 is 0. The van der Waals surface area contributed by atoms with E-state index >= 15 is 0 Å². The van der Waals surface area contributed by atoms with Crippen molar-refractivity contribution in [1.29, 1.82) is 0 Å².